The van der Waals surface area contributed by atoms with Crippen LogP contribution in [0, 0.1) is 5.82 Å². The van der Waals surface area contributed by atoms with Gasteiger partial charge in [0, 0.05) is 5.75 Å². The molecule has 0 aliphatic carbocycles. The number of halogens is 3. The summed E-state index contributed by atoms with van der Waals surface area (Å²) >= 11 is 14.0. The second kappa shape index (κ2) is 8.10. The van der Waals surface area contributed by atoms with Crippen LogP contribution >= 0.6 is 46.3 Å². The first-order valence-electron chi connectivity index (χ1n) is 7.03. The predicted molar refractivity (Wildman–Crippen MR) is 103 cm³/mol. The number of hydrogen-bond donors (Lipinski definition) is 1. The molecule has 136 valence electrons. The van der Waals surface area contributed by atoms with Crippen molar-refractivity contribution < 1.29 is 12.8 Å². The molecule has 1 aromatic heterocycles. The quantitative estimate of drug-likeness (QED) is 0.531. The lowest BCUT2D eigenvalue weighted by Crippen LogP contribution is -2.12. The Morgan fingerprint density at radius 2 is 1.88 bits per heavy atom. The van der Waals surface area contributed by atoms with Gasteiger partial charge in [-0.15, -0.1) is 10.2 Å². The molecule has 0 atom stereocenters. The van der Waals surface area contributed by atoms with Gasteiger partial charge in [0.2, 0.25) is 5.13 Å². The summed E-state index contributed by atoms with van der Waals surface area (Å²) in [4.78, 5) is -0.0392. The number of aromatic nitrogens is 2. The van der Waals surface area contributed by atoms with Crippen LogP contribution in [0.1, 0.15) is 5.56 Å². The van der Waals surface area contributed by atoms with Crippen molar-refractivity contribution in [2.24, 2.45) is 0 Å². The molecule has 0 radical (unpaired) electrons. The fourth-order valence-corrected chi connectivity index (χ4v) is 5.24. The van der Waals surface area contributed by atoms with Gasteiger partial charge in [-0.05, 0) is 29.8 Å². The minimum atomic E-state index is -3.87. The summed E-state index contributed by atoms with van der Waals surface area (Å²) in [6.45, 7) is 0. The molecule has 0 bridgehead atoms. The fraction of sp³-hybridized carbons (Fsp3) is 0.0667. The second-order valence-corrected chi connectivity index (χ2v) is 9.63. The summed E-state index contributed by atoms with van der Waals surface area (Å²) in [5, 5.41) is 8.21. The van der Waals surface area contributed by atoms with Gasteiger partial charge in [0.05, 0.1) is 14.9 Å². The van der Waals surface area contributed by atoms with Crippen LogP contribution < -0.4 is 4.72 Å². The lowest BCUT2D eigenvalue weighted by Gasteiger charge is -2.05. The maximum Gasteiger partial charge on any atom is 0.263 e. The highest BCUT2D eigenvalue weighted by atomic mass is 35.5. The van der Waals surface area contributed by atoms with E-state index in [4.69, 9.17) is 23.2 Å². The van der Waals surface area contributed by atoms with Gasteiger partial charge in [-0.25, -0.2) is 12.8 Å². The fourth-order valence-electron chi connectivity index (χ4n) is 1.88. The van der Waals surface area contributed by atoms with Crippen LogP contribution in [0.3, 0.4) is 0 Å². The third kappa shape index (κ3) is 4.66. The monoisotopic (exact) mass is 449 g/mol. The first-order chi connectivity index (χ1) is 12.3. The lowest BCUT2D eigenvalue weighted by atomic mass is 10.2. The maximum atomic E-state index is 13.6. The molecule has 1 heterocycles. The van der Waals surface area contributed by atoms with Gasteiger partial charge in [-0.3, -0.25) is 4.72 Å². The Morgan fingerprint density at radius 1 is 1.12 bits per heavy atom. The predicted octanol–water partition coefficient (Wildman–Crippen LogP) is 5.08. The van der Waals surface area contributed by atoms with E-state index in [1.54, 1.807) is 18.2 Å². The molecule has 0 spiro atoms. The van der Waals surface area contributed by atoms with Crippen molar-refractivity contribution >= 4 is 61.5 Å². The van der Waals surface area contributed by atoms with Gasteiger partial charge in [-0.2, -0.15) is 0 Å². The SMILES string of the molecule is O=S(=O)(Nc1nnc(SCc2ccccc2F)s1)c1ccc(Cl)c(Cl)c1. The van der Waals surface area contributed by atoms with Crippen molar-refractivity contribution in [2.45, 2.75) is 15.0 Å². The summed E-state index contributed by atoms with van der Waals surface area (Å²) in [6, 6.07) is 10.4. The van der Waals surface area contributed by atoms with E-state index in [-0.39, 0.29) is 25.9 Å². The van der Waals surface area contributed by atoms with Crippen molar-refractivity contribution in [3.05, 3.63) is 63.9 Å². The Kier molecular flexibility index (Phi) is 6.03. The highest BCUT2D eigenvalue weighted by Gasteiger charge is 2.18. The molecule has 0 fully saturated rings. The van der Waals surface area contributed by atoms with E-state index in [1.165, 1.54) is 36.0 Å². The molecule has 3 rings (SSSR count). The summed E-state index contributed by atoms with van der Waals surface area (Å²) in [6.07, 6.45) is 0. The number of hydrogen-bond acceptors (Lipinski definition) is 6. The Labute approximate surface area is 167 Å². The topological polar surface area (TPSA) is 72.0 Å². The third-order valence-electron chi connectivity index (χ3n) is 3.14. The zero-order chi connectivity index (χ0) is 18.7. The van der Waals surface area contributed by atoms with Gasteiger partial charge in [0.15, 0.2) is 4.34 Å². The first-order valence-corrected chi connectivity index (χ1v) is 11.1. The molecule has 5 nitrogen and oxygen atoms in total. The van der Waals surface area contributed by atoms with E-state index in [0.717, 1.165) is 11.3 Å². The van der Waals surface area contributed by atoms with Crippen LogP contribution in [0.25, 0.3) is 0 Å². The third-order valence-corrected chi connectivity index (χ3v) is 7.36. The van der Waals surface area contributed by atoms with E-state index < -0.39 is 10.0 Å². The van der Waals surface area contributed by atoms with Crippen LogP contribution in [0.2, 0.25) is 10.0 Å². The van der Waals surface area contributed by atoms with Crippen LogP contribution in [-0.2, 0) is 15.8 Å². The zero-order valence-corrected chi connectivity index (χ0v) is 16.8. The van der Waals surface area contributed by atoms with Gasteiger partial charge >= 0.3 is 0 Å². The number of benzene rings is 2. The highest BCUT2D eigenvalue weighted by Crippen LogP contribution is 2.31. The molecule has 0 amide bonds. The molecule has 2 aromatic carbocycles. The number of sulfonamides is 1. The highest BCUT2D eigenvalue weighted by molar-refractivity contribution is 8.00. The summed E-state index contributed by atoms with van der Waals surface area (Å²) in [5.74, 6) is 0.0611. The van der Waals surface area contributed by atoms with E-state index in [1.807, 2.05) is 0 Å². The average molecular weight is 450 g/mol. The molecule has 0 saturated carbocycles. The molecular weight excluding hydrogens is 440 g/mol. The van der Waals surface area contributed by atoms with E-state index >= 15 is 0 Å². The first kappa shape index (κ1) is 19.4. The number of nitrogens with one attached hydrogen (secondary N) is 1. The maximum absolute atomic E-state index is 13.6. The summed E-state index contributed by atoms with van der Waals surface area (Å²) < 4.78 is 41.2. The zero-order valence-electron chi connectivity index (χ0n) is 12.8. The second-order valence-electron chi connectivity index (χ2n) is 4.93. The van der Waals surface area contributed by atoms with Gasteiger partial charge < -0.3 is 0 Å². The van der Waals surface area contributed by atoms with Crippen LogP contribution in [0.4, 0.5) is 9.52 Å². The smallest absolute Gasteiger partial charge is 0.253 e. The largest absolute Gasteiger partial charge is 0.263 e. The lowest BCUT2D eigenvalue weighted by molar-refractivity contribution is 0.601. The number of rotatable bonds is 6. The standard InChI is InChI=1S/C15H10Cl2FN3O2S3/c16-11-6-5-10(7-12(11)17)26(22,23)21-14-19-20-15(25-14)24-8-9-3-1-2-4-13(9)18/h1-7H,8H2,(H,19,21). The number of thioether (sulfide) groups is 1. The van der Waals surface area contributed by atoms with E-state index in [0.29, 0.717) is 15.7 Å². The molecule has 26 heavy (non-hydrogen) atoms. The van der Waals surface area contributed by atoms with Crippen LogP contribution in [0.15, 0.2) is 51.7 Å². The van der Waals surface area contributed by atoms with Crippen molar-refractivity contribution in [1.29, 1.82) is 0 Å². The van der Waals surface area contributed by atoms with E-state index in [9.17, 15) is 12.8 Å². The van der Waals surface area contributed by atoms with Crippen molar-refractivity contribution in [3.63, 3.8) is 0 Å². The van der Waals surface area contributed by atoms with E-state index in [2.05, 4.69) is 14.9 Å². The van der Waals surface area contributed by atoms with Crippen LogP contribution in [-0.4, -0.2) is 18.6 Å². The summed E-state index contributed by atoms with van der Waals surface area (Å²) in [7, 11) is -3.87. The van der Waals surface area contributed by atoms with Gasteiger partial charge in [0.1, 0.15) is 5.82 Å². The minimum Gasteiger partial charge on any atom is -0.253 e. The minimum absolute atomic E-state index is 0.0392. The molecule has 1 N–H and O–H groups in total. The molecule has 0 unspecified atom stereocenters. The Balaban J connectivity index is 1.69. The Morgan fingerprint density at radius 3 is 2.62 bits per heavy atom. The number of anilines is 1. The molecule has 3 aromatic rings. The molecule has 11 heteroatoms. The van der Waals surface area contributed by atoms with Crippen LogP contribution in [0.5, 0.6) is 0 Å². The van der Waals surface area contributed by atoms with Gasteiger partial charge in [0.25, 0.3) is 10.0 Å². The van der Waals surface area contributed by atoms with Crippen molar-refractivity contribution in [1.82, 2.24) is 10.2 Å². The molecule has 0 aliphatic rings. The van der Waals surface area contributed by atoms with Gasteiger partial charge in [-0.1, -0.05) is 64.5 Å². The molecule has 0 saturated heterocycles. The van der Waals surface area contributed by atoms with Crippen molar-refractivity contribution in [3.8, 4) is 0 Å². The molecular formula is C15H10Cl2FN3O2S3. The normalized spacial score (nSPS) is 11.5. The van der Waals surface area contributed by atoms with Crippen molar-refractivity contribution in [2.75, 3.05) is 4.72 Å². The Bertz CT molecular complexity index is 1040. The molecule has 0 aliphatic heterocycles. The number of nitrogens with zero attached hydrogens (tertiary/aromatic N) is 2. The Hall–Kier alpha value is -1.39. The average Bonchev–Trinajstić information content (AvgIpc) is 3.03. The summed E-state index contributed by atoms with van der Waals surface area (Å²) in [5.41, 5.74) is 0.533.